The number of anilines is 1. The second kappa shape index (κ2) is 7.48. The molecule has 0 unspecified atom stereocenters. The summed E-state index contributed by atoms with van der Waals surface area (Å²) in [5.74, 6) is 0.923. The molecule has 0 spiro atoms. The van der Waals surface area contributed by atoms with Crippen molar-refractivity contribution in [3.63, 3.8) is 0 Å². The number of nitrogens with one attached hydrogen (secondary N) is 1. The van der Waals surface area contributed by atoms with Gasteiger partial charge in [0.25, 0.3) is 0 Å². The third-order valence-corrected chi connectivity index (χ3v) is 4.44. The zero-order valence-electron chi connectivity index (χ0n) is 10.9. The molecule has 1 N–H and O–H groups in total. The van der Waals surface area contributed by atoms with Crippen LogP contribution in [0.2, 0.25) is 0 Å². The van der Waals surface area contributed by atoms with Gasteiger partial charge in [0, 0.05) is 25.5 Å². The lowest BCUT2D eigenvalue weighted by Crippen LogP contribution is -2.04. The Hall–Kier alpha value is -0.520. The molecule has 0 aliphatic rings. The molecule has 0 fully saturated rings. The van der Waals surface area contributed by atoms with Gasteiger partial charge in [-0.15, -0.1) is 0 Å². The molecule has 0 atom stereocenters. The molecule has 2 aromatic rings. The van der Waals surface area contributed by atoms with Crippen LogP contribution in [-0.2, 0) is 6.54 Å². The number of para-hydroxylation sites is 1. The Balaban J connectivity index is 2.17. The Morgan fingerprint density at radius 1 is 1.05 bits per heavy atom. The minimum atomic E-state index is 0.669. The Morgan fingerprint density at radius 2 is 1.70 bits per heavy atom. The number of hydrogen-bond acceptors (Lipinski definition) is 2. The average Bonchev–Trinajstić information content (AvgIpc) is 2.39. The van der Waals surface area contributed by atoms with E-state index >= 15 is 0 Å². The van der Waals surface area contributed by atoms with E-state index in [-0.39, 0.29) is 0 Å². The van der Waals surface area contributed by atoms with Crippen molar-refractivity contribution in [2.75, 3.05) is 11.9 Å². The zero-order valence-corrected chi connectivity index (χ0v) is 15.7. The van der Waals surface area contributed by atoms with Crippen molar-refractivity contribution in [2.24, 2.45) is 0 Å². The summed E-state index contributed by atoms with van der Waals surface area (Å²) in [5.41, 5.74) is 2.16. The summed E-state index contributed by atoms with van der Waals surface area (Å²) in [5, 5.41) is 3.43. The first-order valence-electron chi connectivity index (χ1n) is 6.21. The lowest BCUT2D eigenvalue weighted by atomic mass is 10.2. The van der Waals surface area contributed by atoms with Gasteiger partial charge in [-0.1, -0.05) is 34.1 Å². The predicted molar refractivity (Wildman–Crippen MR) is 94.5 cm³/mol. The first-order chi connectivity index (χ1) is 9.61. The summed E-state index contributed by atoms with van der Waals surface area (Å²) in [7, 11) is 0. The molecule has 20 heavy (non-hydrogen) atoms. The second-order valence-electron chi connectivity index (χ2n) is 4.14. The summed E-state index contributed by atoms with van der Waals surface area (Å²) in [6, 6.07) is 12.1. The largest absolute Gasteiger partial charge is 0.494 e. The van der Waals surface area contributed by atoms with Crippen molar-refractivity contribution >= 4 is 53.5 Å². The Morgan fingerprint density at radius 3 is 2.35 bits per heavy atom. The van der Waals surface area contributed by atoms with E-state index in [1.807, 2.05) is 37.3 Å². The minimum Gasteiger partial charge on any atom is -0.494 e. The molecule has 0 saturated carbocycles. The van der Waals surface area contributed by atoms with Gasteiger partial charge >= 0.3 is 0 Å². The summed E-state index contributed by atoms with van der Waals surface area (Å²) < 4.78 is 8.67. The highest BCUT2D eigenvalue weighted by Crippen LogP contribution is 2.35. The fraction of sp³-hybridized carbons (Fsp3) is 0.200. The first-order valence-corrected chi connectivity index (χ1v) is 8.59. The summed E-state index contributed by atoms with van der Waals surface area (Å²) in [6.45, 7) is 3.36. The topological polar surface area (TPSA) is 21.3 Å². The highest BCUT2D eigenvalue weighted by molar-refractivity contribution is 9.11. The van der Waals surface area contributed by atoms with E-state index in [0.717, 1.165) is 30.4 Å². The molecule has 0 saturated heterocycles. The molecule has 0 aliphatic heterocycles. The molecule has 5 heteroatoms. The fourth-order valence-electron chi connectivity index (χ4n) is 1.84. The van der Waals surface area contributed by atoms with E-state index < -0.39 is 0 Å². The maximum absolute atomic E-state index is 5.63. The lowest BCUT2D eigenvalue weighted by molar-refractivity contribution is 0.337. The Labute approximate surface area is 144 Å². The van der Waals surface area contributed by atoms with Crippen LogP contribution in [0.15, 0.2) is 49.8 Å². The van der Waals surface area contributed by atoms with Crippen LogP contribution in [0, 0.1) is 0 Å². The van der Waals surface area contributed by atoms with Crippen LogP contribution >= 0.6 is 47.8 Å². The normalized spacial score (nSPS) is 10.4. The van der Waals surface area contributed by atoms with Crippen molar-refractivity contribution in [1.29, 1.82) is 0 Å². The standard InChI is InChI=1S/C15H14Br3NO/c1-2-20-14-6-4-3-5-10(14)9-19-15-12(17)7-11(16)8-13(15)18/h3-8,19H,2,9H2,1H3. The van der Waals surface area contributed by atoms with Crippen molar-refractivity contribution in [3.05, 3.63) is 55.4 Å². The number of benzene rings is 2. The van der Waals surface area contributed by atoms with Crippen LogP contribution in [-0.4, -0.2) is 6.61 Å². The minimum absolute atomic E-state index is 0.669. The summed E-state index contributed by atoms with van der Waals surface area (Å²) in [6.07, 6.45) is 0. The maximum atomic E-state index is 5.63. The molecule has 2 nitrogen and oxygen atoms in total. The molecule has 106 valence electrons. The van der Waals surface area contributed by atoms with Crippen LogP contribution in [0.1, 0.15) is 12.5 Å². The van der Waals surface area contributed by atoms with Crippen molar-refractivity contribution < 1.29 is 4.74 Å². The molecule has 0 bridgehead atoms. The first kappa shape index (κ1) is 15.9. The van der Waals surface area contributed by atoms with Gasteiger partial charge in [-0.05, 0) is 57.0 Å². The van der Waals surface area contributed by atoms with Crippen LogP contribution in [0.5, 0.6) is 5.75 Å². The monoisotopic (exact) mass is 461 g/mol. The summed E-state index contributed by atoms with van der Waals surface area (Å²) in [4.78, 5) is 0. The summed E-state index contributed by atoms with van der Waals surface area (Å²) >= 11 is 10.6. The molecular formula is C15H14Br3NO. The smallest absolute Gasteiger partial charge is 0.124 e. The van der Waals surface area contributed by atoms with Crippen LogP contribution in [0.25, 0.3) is 0 Å². The van der Waals surface area contributed by atoms with Gasteiger partial charge in [0.05, 0.1) is 12.3 Å². The van der Waals surface area contributed by atoms with Gasteiger partial charge in [-0.3, -0.25) is 0 Å². The highest BCUT2D eigenvalue weighted by atomic mass is 79.9. The van der Waals surface area contributed by atoms with Crippen molar-refractivity contribution in [1.82, 2.24) is 0 Å². The van der Waals surface area contributed by atoms with E-state index in [1.165, 1.54) is 0 Å². The maximum Gasteiger partial charge on any atom is 0.124 e. The molecule has 0 aliphatic carbocycles. The molecular weight excluding hydrogens is 450 g/mol. The van der Waals surface area contributed by atoms with Gasteiger partial charge in [0.1, 0.15) is 5.75 Å². The SMILES string of the molecule is CCOc1ccccc1CNc1c(Br)cc(Br)cc1Br. The van der Waals surface area contributed by atoms with Gasteiger partial charge in [0.15, 0.2) is 0 Å². The molecule has 0 aromatic heterocycles. The number of hydrogen-bond donors (Lipinski definition) is 1. The van der Waals surface area contributed by atoms with Crippen LogP contribution in [0.4, 0.5) is 5.69 Å². The van der Waals surface area contributed by atoms with E-state index in [1.54, 1.807) is 0 Å². The van der Waals surface area contributed by atoms with Gasteiger partial charge in [-0.2, -0.15) is 0 Å². The Kier molecular flexibility index (Phi) is 5.93. The van der Waals surface area contributed by atoms with Gasteiger partial charge in [0.2, 0.25) is 0 Å². The highest BCUT2D eigenvalue weighted by Gasteiger charge is 2.08. The van der Waals surface area contributed by atoms with E-state index in [2.05, 4.69) is 59.2 Å². The number of ether oxygens (including phenoxy) is 1. The number of halogens is 3. The van der Waals surface area contributed by atoms with Crippen LogP contribution < -0.4 is 10.1 Å². The van der Waals surface area contributed by atoms with E-state index in [9.17, 15) is 0 Å². The third kappa shape index (κ3) is 3.99. The van der Waals surface area contributed by atoms with Crippen molar-refractivity contribution in [2.45, 2.75) is 13.5 Å². The van der Waals surface area contributed by atoms with Crippen LogP contribution in [0.3, 0.4) is 0 Å². The average molecular weight is 464 g/mol. The molecule has 2 rings (SSSR count). The molecule has 0 heterocycles. The van der Waals surface area contributed by atoms with Gasteiger partial charge < -0.3 is 10.1 Å². The fourth-order valence-corrected chi connectivity index (χ4v) is 4.38. The predicted octanol–water partition coefficient (Wildman–Crippen LogP) is 5.98. The molecule has 0 radical (unpaired) electrons. The quantitative estimate of drug-likeness (QED) is 0.588. The lowest BCUT2D eigenvalue weighted by Gasteiger charge is -2.14. The van der Waals surface area contributed by atoms with Gasteiger partial charge in [-0.25, -0.2) is 0 Å². The zero-order chi connectivity index (χ0) is 14.5. The third-order valence-electron chi connectivity index (χ3n) is 2.73. The molecule has 2 aromatic carbocycles. The second-order valence-corrected chi connectivity index (χ2v) is 6.76. The molecule has 0 amide bonds. The Bertz CT molecular complexity index is 578. The van der Waals surface area contributed by atoms with Crippen molar-refractivity contribution in [3.8, 4) is 5.75 Å². The van der Waals surface area contributed by atoms with E-state index in [4.69, 9.17) is 4.74 Å². The number of rotatable bonds is 5. The van der Waals surface area contributed by atoms with E-state index in [0.29, 0.717) is 13.2 Å².